The molecule has 2 amide bonds. The number of urea groups is 1. The lowest BCUT2D eigenvalue weighted by Gasteiger charge is -2.34. The van der Waals surface area contributed by atoms with E-state index in [1.54, 1.807) is 6.08 Å². The number of carbonyl (C=O) groups is 1. The summed E-state index contributed by atoms with van der Waals surface area (Å²) in [6.07, 6.45) is 3.65. The van der Waals surface area contributed by atoms with Gasteiger partial charge in [0.15, 0.2) is 0 Å². The lowest BCUT2D eigenvalue weighted by Crippen LogP contribution is -2.44. The van der Waals surface area contributed by atoms with Crippen molar-refractivity contribution >= 4 is 56.9 Å². The largest absolute Gasteiger partial charge is 0.487 e. The normalized spacial score (nSPS) is 18.1. The van der Waals surface area contributed by atoms with Crippen LogP contribution in [0.25, 0.3) is 5.70 Å². The van der Waals surface area contributed by atoms with Gasteiger partial charge < -0.3 is 15.4 Å². The van der Waals surface area contributed by atoms with Gasteiger partial charge in [-0.05, 0) is 86.9 Å². The van der Waals surface area contributed by atoms with Crippen molar-refractivity contribution in [3.05, 3.63) is 78.5 Å². The van der Waals surface area contributed by atoms with E-state index in [4.69, 9.17) is 4.74 Å². The monoisotopic (exact) mass is 584 g/mol. The van der Waals surface area contributed by atoms with Gasteiger partial charge in [0.25, 0.3) is 0 Å². The minimum absolute atomic E-state index is 0.127. The van der Waals surface area contributed by atoms with E-state index in [0.717, 1.165) is 42.6 Å². The van der Waals surface area contributed by atoms with Gasteiger partial charge in [-0.25, -0.2) is 4.79 Å². The SMILES string of the molecule is C=CCOc1c(I)cc([C@H]2NC(=O)NC3=C2CCc2ccccc23)cc1I. The lowest BCUT2D eigenvalue weighted by molar-refractivity contribution is 0.240. The molecule has 0 bridgehead atoms. The number of fused-ring (bicyclic) bond motifs is 2. The van der Waals surface area contributed by atoms with Crippen molar-refractivity contribution in [1.82, 2.24) is 10.6 Å². The molecule has 0 fully saturated rings. The average molecular weight is 584 g/mol. The fourth-order valence-electron chi connectivity index (χ4n) is 3.66. The van der Waals surface area contributed by atoms with Crippen molar-refractivity contribution in [3.63, 3.8) is 0 Å². The zero-order valence-electron chi connectivity index (χ0n) is 14.5. The zero-order valence-corrected chi connectivity index (χ0v) is 18.8. The molecule has 0 aromatic heterocycles. The Morgan fingerprint density at radius 3 is 2.67 bits per heavy atom. The molecule has 0 saturated carbocycles. The number of hydrogen-bond donors (Lipinski definition) is 2. The van der Waals surface area contributed by atoms with Gasteiger partial charge in [0.1, 0.15) is 12.4 Å². The van der Waals surface area contributed by atoms with Crippen LogP contribution in [0.3, 0.4) is 0 Å². The first-order valence-corrected chi connectivity index (χ1v) is 10.9. The van der Waals surface area contributed by atoms with Crippen molar-refractivity contribution in [2.24, 2.45) is 0 Å². The smallest absolute Gasteiger partial charge is 0.319 e. The maximum Gasteiger partial charge on any atom is 0.319 e. The number of hydrogen-bond acceptors (Lipinski definition) is 2. The Bertz CT molecular complexity index is 945. The van der Waals surface area contributed by atoms with Crippen LogP contribution in [0.15, 0.2) is 54.6 Å². The number of nitrogens with one attached hydrogen (secondary N) is 2. The number of halogens is 2. The molecule has 2 aromatic rings. The summed E-state index contributed by atoms with van der Waals surface area (Å²) in [5.41, 5.74) is 5.70. The Labute approximate surface area is 185 Å². The van der Waals surface area contributed by atoms with Gasteiger partial charge in [0.05, 0.1) is 18.9 Å². The highest BCUT2D eigenvalue weighted by atomic mass is 127. The minimum Gasteiger partial charge on any atom is -0.487 e. The molecule has 0 spiro atoms. The first-order valence-electron chi connectivity index (χ1n) is 8.70. The third-order valence-corrected chi connectivity index (χ3v) is 6.44. The van der Waals surface area contributed by atoms with E-state index in [1.807, 2.05) is 6.07 Å². The highest BCUT2D eigenvalue weighted by molar-refractivity contribution is 14.1. The molecule has 2 aliphatic rings. The fraction of sp³-hybridized carbons (Fsp3) is 0.190. The predicted octanol–water partition coefficient (Wildman–Crippen LogP) is 5.17. The molecule has 6 heteroatoms. The van der Waals surface area contributed by atoms with Gasteiger partial charge in [0.2, 0.25) is 0 Å². The number of rotatable bonds is 4. The fourth-order valence-corrected chi connectivity index (χ4v) is 5.79. The molecule has 27 heavy (non-hydrogen) atoms. The Morgan fingerprint density at radius 1 is 1.19 bits per heavy atom. The summed E-state index contributed by atoms with van der Waals surface area (Å²) < 4.78 is 7.85. The van der Waals surface area contributed by atoms with E-state index < -0.39 is 0 Å². The van der Waals surface area contributed by atoms with Crippen LogP contribution in [0.5, 0.6) is 5.75 Å². The molecule has 0 radical (unpaired) electrons. The third-order valence-electron chi connectivity index (χ3n) is 4.83. The average Bonchev–Trinajstić information content (AvgIpc) is 2.66. The Kier molecular flexibility index (Phi) is 5.45. The summed E-state index contributed by atoms with van der Waals surface area (Å²) in [4.78, 5) is 12.4. The number of ether oxygens (including phenoxy) is 1. The lowest BCUT2D eigenvalue weighted by atomic mass is 9.83. The summed E-state index contributed by atoms with van der Waals surface area (Å²) in [6.45, 7) is 4.18. The highest BCUT2D eigenvalue weighted by Crippen LogP contribution is 2.40. The van der Waals surface area contributed by atoms with Crippen LogP contribution in [-0.2, 0) is 6.42 Å². The van der Waals surface area contributed by atoms with Crippen molar-refractivity contribution < 1.29 is 9.53 Å². The van der Waals surface area contributed by atoms with E-state index in [-0.39, 0.29) is 12.1 Å². The first kappa shape index (κ1) is 18.8. The standard InChI is InChI=1S/C21H18I2N2O2/c1-2-9-27-20-16(22)10-13(11-17(20)23)18-15-8-7-12-5-3-4-6-14(12)19(15)25-21(26)24-18/h2-6,10-11,18H,1,7-9H2,(H2,24,25,26)/t18-/m1/s1. The molecular formula is C21H18I2N2O2. The second kappa shape index (κ2) is 7.83. The van der Waals surface area contributed by atoms with Gasteiger partial charge in [-0.2, -0.15) is 0 Å². The molecule has 138 valence electrons. The molecule has 2 aromatic carbocycles. The van der Waals surface area contributed by atoms with E-state index >= 15 is 0 Å². The summed E-state index contributed by atoms with van der Waals surface area (Å²) in [7, 11) is 0. The van der Waals surface area contributed by atoms with Crippen LogP contribution in [-0.4, -0.2) is 12.6 Å². The molecule has 2 N–H and O–H groups in total. The quantitative estimate of drug-likeness (QED) is 0.385. The van der Waals surface area contributed by atoms with Crippen molar-refractivity contribution in [3.8, 4) is 5.75 Å². The summed E-state index contributed by atoms with van der Waals surface area (Å²) >= 11 is 4.58. The van der Waals surface area contributed by atoms with Gasteiger partial charge >= 0.3 is 6.03 Å². The first-order chi connectivity index (χ1) is 13.1. The number of benzene rings is 2. The molecule has 1 heterocycles. The molecular weight excluding hydrogens is 566 g/mol. The molecule has 1 aliphatic heterocycles. The number of carbonyl (C=O) groups excluding carboxylic acids is 1. The van der Waals surface area contributed by atoms with Crippen LogP contribution in [0.2, 0.25) is 0 Å². The second-order valence-electron chi connectivity index (χ2n) is 6.50. The number of aryl methyl sites for hydroxylation is 1. The summed E-state index contributed by atoms with van der Waals surface area (Å²) in [5.74, 6) is 0.864. The Hall–Kier alpha value is -1.55. The van der Waals surface area contributed by atoms with E-state index in [1.165, 1.54) is 11.1 Å². The molecule has 0 unspecified atom stereocenters. The van der Waals surface area contributed by atoms with Gasteiger partial charge in [0, 0.05) is 5.56 Å². The van der Waals surface area contributed by atoms with E-state index in [2.05, 4.69) is 92.7 Å². The van der Waals surface area contributed by atoms with Crippen LogP contribution in [0.1, 0.15) is 29.2 Å². The van der Waals surface area contributed by atoms with Crippen molar-refractivity contribution in [2.75, 3.05) is 6.61 Å². The van der Waals surface area contributed by atoms with Crippen LogP contribution >= 0.6 is 45.2 Å². The van der Waals surface area contributed by atoms with E-state index in [0.29, 0.717) is 6.61 Å². The molecule has 4 nitrogen and oxygen atoms in total. The maximum absolute atomic E-state index is 12.4. The Balaban J connectivity index is 1.78. The summed E-state index contributed by atoms with van der Waals surface area (Å²) in [6, 6.07) is 12.2. The van der Waals surface area contributed by atoms with Crippen LogP contribution in [0.4, 0.5) is 4.79 Å². The van der Waals surface area contributed by atoms with Crippen LogP contribution in [0, 0.1) is 7.14 Å². The zero-order chi connectivity index (χ0) is 19.0. The molecule has 1 aliphatic carbocycles. The third kappa shape index (κ3) is 3.61. The van der Waals surface area contributed by atoms with Crippen molar-refractivity contribution in [1.29, 1.82) is 0 Å². The minimum atomic E-state index is -0.160. The van der Waals surface area contributed by atoms with Gasteiger partial charge in [-0.15, -0.1) is 0 Å². The molecule has 0 saturated heterocycles. The predicted molar refractivity (Wildman–Crippen MR) is 124 cm³/mol. The van der Waals surface area contributed by atoms with Gasteiger partial charge in [-0.3, -0.25) is 0 Å². The van der Waals surface area contributed by atoms with Crippen molar-refractivity contribution in [2.45, 2.75) is 18.9 Å². The van der Waals surface area contributed by atoms with Gasteiger partial charge in [-0.1, -0.05) is 36.9 Å². The van der Waals surface area contributed by atoms with E-state index in [9.17, 15) is 4.79 Å². The molecule has 4 rings (SSSR count). The number of amides is 2. The summed E-state index contributed by atoms with van der Waals surface area (Å²) in [5, 5.41) is 6.14. The Morgan fingerprint density at radius 2 is 1.93 bits per heavy atom. The topological polar surface area (TPSA) is 50.4 Å². The highest BCUT2D eigenvalue weighted by Gasteiger charge is 2.32. The maximum atomic E-state index is 12.4. The van der Waals surface area contributed by atoms with Crippen LogP contribution < -0.4 is 15.4 Å². The molecule has 1 atom stereocenters. The second-order valence-corrected chi connectivity index (χ2v) is 8.83.